The van der Waals surface area contributed by atoms with Crippen molar-refractivity contribution < 1.29 is 4.79 Å². The van der Waals surface area contributed by atoms with Crippen LogP contribution in [0.1, 0.15) is 49.2 Å². The lowest BCUT2D eigenvalue weighted by Crippen LogP contribution is -2.14. The zero-order valence-corrected chi connectivity index (χ0v) is 14.0. The van der Waals surface area contributed by atoms with E-state index in [4.69, 9.17) is 0 Å². The summed E-state index contributed by atoms with van der Waals surface area (Å²) >= 11 is 0. The van der Waals surface area contributed by atoms with Gasteiger partial charge in [-0.25, -0.2) is 0 Å². The van der Waals surface area contributed by atoms with E-state index in [1.54, 1.807) is 0 Å². The fraction of sp³-hybridized carbons (Fsp3) is 0.316. The zero-order valence-electron chi connectivity index (χ0n) is 14.0. The molecule has 0 aliphatic rings. The van der Waals surface area contributed by atoms with Gasteiger partial charge in [-0.15, -0.1) is 0 Å². The van der Waals surface area contributed by atoms with Crippen LogP contribution in [0.5, 0.6) is 0 Å². The monoisotopic (exact) mass is 285 g/mol. The second-order valence-electron chi connectivity index (χ2n) is 4.09. The predicted molar refractivity (Wildman–Crippen MR) is 93.0 cm³/mol. The molecule has 0 bridgehead atoms. The molecule has 0 aliphatic carbocycles. The number of nitrogens with one attached hydrogen (secondary N) is 1. The van der Waals surface area contributed by atoms with Crippen LogP contribution in [0, 0.1) is 13.8 Å². The summed E-state index contributed by atoms with van der Waals surface area (Å²) in [6, 6.07) is 15.4. The normalized spacial score (nSPS) is 8.67. The highest BCUT2D eigenvalue weighted by Crippen LogP contribution is 2.15. The third-order valence-corrected chi connectivity index (χ3v) is 2.74. The van der Waals surface area contributed by atoms with Crippen molar-refractivity contribution in [3.05, 3.63) is 65.2 Å². The molecule has 0 spiro atoms. The van der Waals surface area contributed by atoms with Crippen molar-refractivity contribution in [2.45, 2.75) is 41.5 Å². The molecule has 0 fully saturated rings. The van der Waals surface area contributed by atoms with E-state index in [1.807, 2.05) is 90.1 Å². The molecular weight excluding hydrogens is 258 g/mol. The number of anilines is 1. The van der Waals surface area contributed by atoms with E-state index >= 15 is 0 Å². The van der Waals surface area contributed by atoms with Crippen molar-refractivity contribution in [2.24, 2.45) is 0 Å². The number of carbonyl (C=O) groups excluding carboxylic acids is 1. The molecule has 1 amide bonds. The minimum Gasteiger partial charge on any atom is -0.322 e. The minimum absolute atomic E-state index is 0.0493. The van der Waals surface area contributed by atoms with Gasteiger partial charge in [0.15, 0.2) is 0 Å². The first-order valence-corrected chi connectivity index (χ1v) is 7.61. The Morgan fingerprint density at radius 3 is 1.71 bits per heavy atom. The van der Waals surface area contributed by atoms with Crippen LogP contribution in [0.15, 0.2) is 48.5 Å². The molecule has 0 saturated carbocycles. The number of rotatable bonds is 2. The van der Waals surface area contributed by atoms with Crippen molar-refractivity contribution in [1.82, 2.24) is 0 Å². The molecule has 0 unspecified atom stereocenters. The first kappa shape index (κ1) is 18.9. The summed E-state index contributed by atoms with van der Waals surface area (Å²) in [7, 11) is 0. The summed E-state index contributed by atoms with van der Waals surface area (Å²) in [5, 5.41) is 2.90. The van der Waals surface area contributed by atoms with E-state index in [0.29, 0.717) is 0 Å². The maximum atomic E-state index is 12.1. The van der Waals surface area contributed by atoms with Gasteiger partial charge in [-0.1, -0.05) is 64.1 Å². The summed E-state index contributed by atoms with van der Waals surface area (Å²) in [6.07, 6.45) is 0. The molecule has 2 heteroatoms. The van der Waals surface area contributed by atoms with Crippen molar-refractivity contribution in [1.29, 1.82) is 0 Å². The number of hydrogen-bond donors (Lipinski definition) is 1. The summed E-state index contributed by atoms with van der Waals surface area (Å²) in [5.74, 6) is -0.0493. The summed E-state index contributed by atoms with van der Waals surface area (Å²) in [4.78, 5) is 12.1. The third kappa shape index (κ3) is 5.82. The Hall–Kier alpha value is -2.09. The number of aryl methyl sites for hydroxylation is 2. The van der Waals surface area contributed by atoms with Crippen LogP contribution in [-0.4, -0.2) is 5.91 Å². The molecule has 1 N–H and O–H groups in total. The maximum absolute atomic E-state index is 12.1. The van der Waals surface area contributed by atoms with Gasteiger partial charge in [0.2, 0.25) is 0 Å². The Labute approximate surface area is 129 Å². The molecular formula is C19H27NO. The van der Waals surface area contributed by atoms with Crippen LogP contribution < -0.4 is 5.32 Å². The summed E-state index contributed by atoms with van der Waals surface area (Å²) < 4.78 is 0. The molecule has 0 radical (unpaired) electrons. The SMILES string of the molecule is CC.CC.Cc1cccc(C)c1C(=O)Nc1ccccc1. The quantitative estimate of drug-likeness (QED) is 0.763. The molecule has 0 aliphatic heterocycles. The van der Waals surface area contributed by atoms with E-state index in [2.05, 4.69) is 5.32 Å². The van der Waals surface area contributed by atoms with Crippen molar-refractivity contribution >= 4 is 11.6 Å². The summed E-state index contributed by atoms with van der Waals surface area (Å²) in [6.45, 7) is 11.9. The zero-order chi connectivity index (χ0) is 16.3. The van der Waals surface area contributed by atoms with Crippen molar-refractivity contribution in [3.63, 3.8) is 0 Å². The fourth-order valence-electron chi connectivity index (χ4n) is 1.89. The maximum Gasteiger partial charge on any atom is 0.256 e. The Balaban J connectivity index is 0.000000921. The largest absolute Gasteiger partial charge is 0.322 e. The third-order valence-electron chi connectivity index (χ3n) is 2.74. The van der Waals surface area contributed by atoms with Gasteiger partial charge in [-0.3, -0.25) is 4.79 Å². The van der Waals surface area contributed by atoms with Crippen LogP contribution in [0.25, 0.3) is 0 Å². The molecule has 0 aromatic heterocycles. The van der Waals surface area contributed by atoms with E-state index in [9.17, 15) is 4.79 Å². The van der Waals surface area contributed by atoms with Gasteiger partial charge in [-0.2, -0.15) is 0 Å². The van der Waals surface area contributed by atoms with Crippen molar-refractivity contribution in [3.8, 4) is 0 Å². The van der Waals surface area contributed by atoms with Gasteiger partial charge in [0.1, 0.15) is 0 Å². The molecule has 2 aromatic carbocycles. The lowest BCUT2D eigenvalue weighted by atomic mass is 10.0. The topological polar surface area (TPSA) is 29.1 Å². The lowest BCUT2D eigenvalue weighted by Gasteiger charge is -2.10. The van der Waals surface area contributed by atoms with Crippen LogP contribution >= 0.6 is 0 Å². The van der Waals surface area contributed by atoms with Gasteiger partial charge in [-0.05, 0) is 37.1 Å². The Morgan fingerprint density at radius 1 is 0.762 bits per heavy atom. The second-order valence-corrected chi connectivity index (χ2v) is 4.09. The molecule has 2 nitrogen and oxygen atoms in total. The molecule has 21 heavy (non-hydrogen) atoms. The number of hydrogen-bond acceptors (Lipinski definition) is 1. The van der Waals surface area contributed by atoms with E-state index < -0.39 is 0 Å². The molecule has 114 valence electrons. The van der Waals surface area contributed by atoms with Crippen molar-refractivity contribution in [2.75, 3.05) is 5.32 Å². The first-order chi connectivity index (χ1) is 10.2. The Bertz CT molecular complexity index is 512. The average molecular weight is 285 g/mol. The average Bonchev–Trinajstić information content (AvgIpc) is 2.52. The Morgan fingerprint density at radius 2 is 1.24 bits per heavy atom. The van der Waals surface area contributed by atoms with E-state index in [-0.39, 0.29) is 5.91 Å². The fourth-order valence-corrected chi connectivity index (χ4v) is 1.89. The van der Waals surface area contributed by atoms with Crippen LogP contribution in [-0.2, 0) is 0 Å². The number of benzene rings is 2. The smallest absolute Gasteiger partial charge is 0.256 e. The second kappa shape index (κ2) is 10.7. The van der Waals surface area contributed by atoms with E-state index in [1.165, 1.54) is 0 Å². The number of carbonyl (C=O) groups is 1. The van der Waals surface area contributed by atoms with Gasteiger partial charge < -0.3 is 5.32 Å². The van der Waals surface area contributed by atoms with Gasteiger partial charge in [0, 0.05) is 11.3 Å². The molecule has 0 atom stereocenters. The minimum atomic E-state index is -0.0493. The highest BCUT2D eigenvalue weighted by molar-refractivity contribution is 6.06. The van der Waals surface area contributed by atoms with Crippen LogP contribution in [0.3, 0.4) is 0 Å². The van der Waals surface area contributed by atoms with Gasteiger partial charge in [0.05, 0.1) is 0 Å². The summed E-state index contributed by atoms with van der Waals surface area (Å²) in [5.41, 5.74) is 3.58. The first-order valence-electron chi connectivity index (χ1n) is 7.61. The number of amides is 1. The standard InChI is InChI=1S/C15H15NO.2C2H6/c1-11-7-6-8-12(2)14(11)15(17)16-13-9-4-3-5-10-13;2*1-2/h3-10H,1-2H3,(H,16,17);2*1-2H3. The molecule has 0 saturated heterocycles. The molecule has 0 heterocycles. The predicted octanol–water partition coefficient (Wildman–Crippen LogP) is 5.61. The lowest BCUT2D eigenvalue weighted by molar-refractivity contribution is 0.102. The van der Waals surface area contributed by atoms with E-state index in [0.717, 1.165) is 22.4 Å². The van der Waals surface area contributed by atoms with Gasteiger partial charge >= 0.3 is 0 Å². The van der Waals surface area contributed by atoms with Crippen LogP contribution in [0.2, 0.25) is 0 Å². The number of para-hydroxylation sites is 1. The van der Waals surface area contributed by atoms with Gasteiger partial charge in [0.25, 0.3) is 5.91 Å². The highest BCUT2D eigenvalue weighted by Gasteiger charge is 2.11. The highest BCUT2D eigenvalue weighted by atomic mass is 16.1. The molecule has 2 rings (SSSR count). The van der Waals surface area contributed by atoms with Crippen LogP contribution in [0.4, 0.5) is 5.69 Å². The Kier molecular flexibility index (Phi) is 9.61. The molecule has 2 aromatic rings.